The Morgan fingerprint density at radius 3 is 2.15 bits per heavy atom. The fourth-order valence-electron chi connectivity index (χ4n) is 2.01. The molecule has 1 saturated heterocycles. The number of nitrogens with one attached hydrogen (secondary N) is 1. The number of halogens is 2. The summed E-state index contributed by atoms with van der Waals surface area (Å²) in [5.41, 5.74) is -0.225. The van der Waals surface area contributed by atoms with Crippen LogP contribution in [0.1, 0.15) is 0 Å². The molecule has 0 bridgehead atoms. The van der Waals surface area contributed by atoms with Crippen LogP contribution in [0, 0.1) is 0 Å². The highest BCUT2D eigenvalue weighted by Crippen LogP contribution is 2.40. The summed E-state index contributed by atoms with van der Waals surface area (Å²) in [4.78, 5) is -1.26. The van der Waals surface area contributed by atoms with Crippen LogP contribution in [0.4, 0.5) is 5.69 Å². The van der Waals surface area contributed by atoms with Gasteiger partial charge in [0.05, 0.1) is 28.9 Å². The van der Waals surface area contributed by atoms with E-state index in [4.69, 9.17) is 50.4 Å². The van der Waals surface area contributed by atoms with Crippen LogP contribution in [0.25, 0.3) is 0 Å². The summed E-state index contributed by atoms with van der Waals surface area (Å²) >= 11 is 18.4. The molecule has 26 heavy (non-hydrogen) atoms. The maximum atomic E-state index is 11.9. The Hall–Kier alpha value is -0.220. The standard InChI is InChI=1S/C11H14Cl2N4O5S4/c12-8-6(25(14,18)19)5-7(26(15,20)21)10(9(8)13)16-11(23)24-17-1-3-22-4-2-17/h5H,1-4H2,(H,16,23)(H2,14,18,19)(H2,15,20,21). The maximum absolute atomic E-state index is 11.9. The fraction of sp³-hybridized carbons (Fsp3) is 0.364. The summed E-state index contributed by atoms with van der Waals surface area (Å²) in [5.74, 6) is 0. The van der Waals surface area contributed by atoms with Gasteiger partial charge in [-0.2, -0.15) is 0 Å². The number of morpholine rings is 1. The monoisotopic (exact) mass is 480 g/mol. The van der Waals surface area contributed by atoms with Gasteiger partial charge in [0, 0.05) is 13.1 Å². The Morgan fingerprint density at radius 2 is 1.65 bits per heavy atom. The minimum atomic E-state index is -4.36. The molecule has 1 heterocycles. The molecular weight excluding hydrogens is 467 g/mol. The summed E-state index contributed by atoms with van der Waals surface area (Å²) in [6.07, 6.45) is 0. The smallest absolute Gasteiger partial charge is 0.240 e. The Balaban J connectivity index is 2.43. The molecule has 1 aliphatic heterocycles. The highest BCUT2D eigenvalue weighted by molar-refractivity contribution is 8.21. The van der Waals surface area contributed by atoms with Crippen LogP contribution >= 0.6 is 47.4 Å². The minimum absolute atomic E-state index is 0.165. The van der Waals surface area contributed by atoms with Crippen molar-refractivity contribution >= 4 is 77.4 Å². The van der Waals surface area contributed by atoms with E-state index in [0.29, 0.717) is 26.3 Å². The molecule has 2 rings (SSSR count). The number of hydrogen-bond acceptors (Lipinski definition) is 8. The second-order valence-corrected chi connectivity index (χ2v) is 10.6. The third-order valence-corrected chi connectivity index (χ3v) is 7.23. The molecule has 15 heteroatoms. The van der Waals surface area contributed by atoms with Gasteiger partial charge in [0.15, 0.2) is 4.32 Å². The number of thiocarbonyl (C=S) groups is 1. The lowest BCUT2D eigenvalue weighted by atomic mass is 10.3. The van der Waals surface area contributed by atoms with E-state index >= 15 is 0 Å². The summed E-state index contributed by atoms with van der Waals surface area (Å²) in [6, 6.07) is 0.739. The average molecular weight is 481 g/mol. The van der Waals surface area contributed by atoms with Crippen molar-refractivity contribution in [2.24, 2.45) is 10.3 Å². The zero-order valence-electron chi connectivity index (χ0n) is 12.9. The normalized spacial score (nSPS) is 16.5. The van der Waals surface area contributed by atoms with Crippen LogP contribution in [-0.2, 0) is 24.8 Å². The van der Waals surface area contributed by atoms with Gasteiger partial charge in [-0.15, -0.1) is 0 Å². The van der Waals surface area contributed by atoms with E-state index in [-0.39, 0.29) is 15.0 Å². The number of anilines is 1. The minimum Gasteiger partial charge on any atom is -0.379 e. The first kappa shape index (κ1) is 22.1. The predicted molar refractivity (Wildman–Crippen MR) is 105 cm³/mol. The quantitative estimate of drug-likeness (QED) is 0.423. The van der Waals surface area contributed by atoms with E-state index in [1.165, 1.54) is 0 Å². The first-order valence-corrected chi connectivity index (χ1v) is 11.8. The van der Waals surface area contributed by atoms with Gasteiger partial charge in [-0.3, -0.25) is 0 Å². The van der Waals surface area contributed by atoms with Crippen molar-refractivity contribution in [2.75, 3.05) is 31.6 Å². The molecule has 1 aromatic carbocycles. The molecule has 9 nitrogen and oxygen atoms in total. The van der Waals surface area contributed by atoms with Gasteiger partial charge in [0.1, 0.15) is 9.79 Å². The zero-order chi connectivity index (χ0) is 19.7. The van der Waals surface area contributed by atoms with Crippen molar-refractivity contribution < 1.29 is 21.6 Å². The van der Waals surface area contributed by atoms with Crippen LogP contribution in [0.2, 0.25) is 10.0 Å². The van der Waals surface area contributed by atoms with Crippen LogP contribution in [0.15, 0.2) is 15.9 Å². The molecule has 0 aliphatic carbocycles. The molecule has 146 valence electrons. The Kier molecular flexibility index (Phi) is 7.15. The fourth-order valence-corrected chi connectivity index (χ4v) is 5.40. The number of sulfonamides is 2. The third kappa shape index (κ3) is 5.41. The predicted octanol–water partition coefficient (Wildman–Crippen LogP) is 0.965. The highest BCUT2D eigenvalue weighted by atomic mass is 35.5. The molecule has 0 aromatic heterocycles. The molecule has 1 aromatic rings. The lowest BCUT2D eigenvalue weighted by Crippen LogP contribution is -2.33. The number of nitrogens with two attached hydrogens (primary N) is 2. The van der Waals surface area contributed by atoms with Crippen LogP contribution in [0.5, 0.6) is 0 Å². The summed E-state index contributed by atoms with van der Waals surface area (Å²) in [5, 5.41) is 12.0. The largest absolute Gasteiger partial charge is 0.379 e. The number of benzene rings is 1. The van der Waals surface area contributed by atoms with Crippen molar-refractivity contribution in [3.63, 3.8) is 0 Å². The summed E-state index contributed by atoms with van der Waals surface area (Å²) in [6.45, 7) is 2.31. The van der Waals surface area contributed by atoms with Crippen LogP contribution in [-0.4, -0.2) is 51.8 Å². The van der Waals surface area contributed by atoms with Crippen molar-refractivity contribution in [2.45, 2.75) is 9.79 Å². The van der Waals surface area contributed by atoms with E-state index in [9.17, 15) is 16.8 Å². The Bertz CT molecular complexity index is 932. The first-order valence-electron chi connectivity index (χ1n) is 6.80. The van der Waals surface area contributed by atoms with E-state index < -0.39 is 34.9 Å². The van der Waals surface area contributed by atoms with Crippen molar-refractivity contribution in [1.82, 2.24) is 4.31 Å². The molecule has 5 N–H and O–H groups in total. The van der Waals surface area contributed by atoms with Gasteiger partial charge in [-0.1, -0.05) is 35.4 Å². The van der Waals surface area contributed by atoms with E-state index in [0.717, 1.165) is 18.0 Å². The lowest BCUT2D eigenvalue weighted by Gasteiger charge is -2.26. The van der Waals surface area contributed by atoms with Crippen molar-refractivity contribution in [3.05, 3.63) is 16.1 Å². The number of rotatable bonds is 4. The third-order valence-electron chi connectivity index (χ3n) is 3.16. The molecule has 0 unspecified atom stereocenters. The zero-order valence-corrected chi connectivity index (χ0v) is 17.7. The van der Waals surface area contributed by atoms with Crippen molar-refractivity contribution in [3.8, 4) is 0 Å². The van der Waals surface area contributed by atoms with Crippen LogP contribution in [0.3, 0.4) is 0 Å². The van der Waals surface area contributed by atoms with Gasteiger partial charge in [-0.05, 0) is 18.0 Å². The molecule has 0 atom stereocenters. The Labute approximate surface area is 170 Å². The van der Waals surface area contributed by atoms with E-state index in [1.807, 2.05) is 4.31 Å². The number of nitrogens with zero attached hydrogens (tertiary/aromatic N) is 1. The highest BCUT2D eigenvalue weighted by Gasteiger charge is 2.27. The SMILES string of the molecule is NS(=O)(=O)c1cc(S(N)(=O)=O)c(NC(=S)SN2CCOCC2)c(Cl)c1Cl. The topological polar surface area (TPSA) is 145 Å². The maximum Gasteiger partial charge on any atom is 0.240 e. The molecule has 0 saturated carbocycles. The number of hydrogen-bond donors (Lipinski definition) is 3. The van der Waals surface area contributed by atoms with Gasteiger partial charge in [0.2, 0.25) is 20.0 Å². The van der Waals surface area contributed by atoms with Crippen LogP contribution < -0.4 is 15.6 Å². The van der Waals surface area contributed by atoms with Gasteiger partial charge in [-0.25, -0.2) is 31.4 Å². The van der Waals surface area contributed by atoms with Crippen molar-refractivity contribution in [1.29, 1.82) is 0 Å². The second-order valence-electron chi connectivity index (χ2n) is 5.01. The molecule has 0 amide bonds. The lowest BCUT2D eigenvalue weighted by molar-refractivity contribution is 0.0778. The van der Waals surface area contributed by atoms with E-state index in [2.05, 4.69) is 5.32 Å². The molecule has 1 fully saturated rings. The molecule has 1 aliphatic rings. The molecular formula is C11H14Cl2N4O5S4. The number of ether oxygens (including phenoxy) is 1. The average Bonchev–Trinajstić information content (AvgIpc) is 2.50. The Morgan fingerprint density at radius 1 is 1.12 bits per heavy atom. The molecule has 0 radical (unpaired) electrons. The van der Waals surface area contributed by atoms with Gasteiger partial charge < -0.3 is 10.1 Å². The molecule has 0 spiro atoms. The van der Waals surface area contributed by atoms with Gasteiger partial charge >= 0.3 is 0 Å². The second kappa shape index (κ2) is 8.43. The first-order chi connectivity index (χ1) is 11.9. The van der Waals surface area contributed by atoms with E-state index in [1.54, 1.807) is 0 Å². The summed E-state index contributed by atoms with van der Waals surface area (Å²) < 4.78 is 54.3. The van der Waals surface area contributed by atoms with Gasteiger partial charge in [0.25, 0.3) is 0 Å². The number of primary sulfonamides is 2. The summed E-state index contributed by atoms with van der Waals surface area (Å²) in [7, 11) is -8.69.